The summed E-state index contributed by atoms with van der Waals surface area (Å²) in [5.74, 6) is -4.35. The van der Waals surface area contributed by atoms with Gasteiger partial charge >= 0.3 is 23.6 Å². The van der Waals surface area contributed by atoms with E-state index in [0.29, 0.717) is 18.5 Å². The number of amides is 2. The first kappa shape index (κ1) is 27.4. The van der Waals surface area contributed by atoms with Gasteiger partial charge in [0.15, 0.2) is 0 Å². The van der Waals surface area contributed by atoms with Crippen LogP contribution in [0.1, 0.15) is 42.6 Å². The molecule has 0 unspecified atom stereocenters. The van der Waals surface area contributed by atoms with E-state index in [1.54, 1.807) is 18.2 Å². The summed E-state index contributed by atoms with van der Waals surface area (Å²) >= 11 is 0. The number of likely N-dealkylation sites (tertiary alicyclic amines) is 1. The van der Waals surface area contributed by atoms with Crippen molar-refractivity contribution in [2.24, 2.45) is 0 Å². The Labute approximate surface area is 233 Å². The maximum absolute atomic E-state index is 13.4. The van der Waals surface area contributed by atoms with E-state index in [0.717, 1.165) is 60.2 Å². The zero-order valence-corrected chi connectivity index (χ0v) is 22.7. The lowest BCUT2D eigenvalue weighted by atomic mass is 10.0. The van der Waals surface area contributed by atoms with Gasteiger partial charge in [0.2, 0.25) is 0 Å². The molecule has 40 heavy (non-hydrogen) atoms. The molecule has 10 nitrogen and oxygen atoms in total. The van der Waals surface area contributed by atoms with Crippen LogP contribution in [0.3, 0.4) is 0 Å². The van der Waals surface area contributed by atoms with Crippen molar-refractivity contribution in [1.82, 2.24) is 9.80 Å². The molecule has 3 aliphatic rings. The van der Waals surface area contributed by atoms with Gasteiger partial charge in [0, 0.05) is 63.4 Å². The van der Waals surface area contributed by atoms with Crippen molar-refractivity contribution in [3.05, 3.63) is 71.8 Å². The van der Waals surface area contributed by atoms with Crippen LogP contribution in [0.25, 0.3) is 0 Å². The molecule has 0 saturated carbocycles. The van der Waals surface area contributed by atoms with Gasteiger partial charge in [-0.05, 0) is 50.1 Å². The van der Waals surface area contributed by atoms with Crippen LogP contribution in [-0.4, -0.2) is 78.2 Å². The van der Waals surface area contributed by atoms with Crippen molar-refractivity contribution in [3.63, 3.8) is 0 Å². The van der Waals surface area contributed by atoms with E-state index < -0.39 is 29.5 Å². The Morgan fingerprint density at radius 2 is 1.62 bits per heavy atom. The summed E-state index contributed by atoms with van der Waals surface area (Å²) < 4.78 is 16.4. The first-order valence-electron chi connectivity index (χ1n) is 13.6. The highest BCUT2D eigenvalue weighted by Gasteiger charge is 2.53. The lowest BCUT2D eigenvalue weighted by Gasteiger charge is -2.38. The number of imide groups is 1. The highest BCUT2D eigenvalue weighted by atomic mass is 16.7. The van der Waals surface area contributed by atoms with Gasteiger partial charge in [0.1, 0.15) is 5.75 Å². The maximum atomic E-state index is 13.4. The first-order chi connectivity index (χ1) is 19.2. The molecular formula is C30H33N3O7. The van der Waals surface area contributed by atoms with Gasteiger partial charge in [0.05, 0.1) is 11.8 Å². The average molecular weight is 548 g/mol. The molecule has 2 aromatic rings. The summed E-state index contributed by atoms with van der Waals surface area (Å²) in [5, 5.41) is 0. The van der Waals surface area contributed by atoms with Crippen molar-refractivity contribution in [1.29, 1.82) is 0 Å². The van der Waals surface area contributed by atoms with Crippen LogP contribution in [0.4, 0.5) is 5.69 Å². The highest BCUT2D eigenvalue weighted by Crippen LogP contribution is 2.32. The quantitative estimate of drug-likeness (QED) is 0.399. The summed E-state index contributed by atoms with van der Waals surface area (Å²) in [4.78, 5) is 56.3. The van der Waals surface area contributed by atoms with Crippen LogP contribution >= 0.6 is 0 Å². The molecule has 0 aromatic heterocycles. The van der Waals surface area contributed by atoms with E-state index in [9.17, 15) is 19.2 Å². The van der Waals surface area contributed by atoms with Gasteiger partial charge in [-0.15, -0.1) is 0 Å². The molecule has 210 valence electrons. The van der Waals surface area contributed by atoms with Crippen LogP contribution in [0.15, 0.2) is 60.7 Å². The van der Waals surface area contributed by atoms with Crippen molar-refractivity contribution >= 4 is 29.4 Å². The largest absolute Gasteiger partial charge is 0.489 e. The molecule has 0 N–H and O–H groups in total. The molecule has 2 fully saturated rings. The standard InChI is InChI=1S/C30H33N3O7/c1-21(2)38-25-10-4-3-9-24(25)32-17-15-31(16-18-32)20-22-7-5-8-23(19-22)28(36)33-14-6-13-30(29(33)37)39-26(34)11-12-27(35)40-30/h3-5,7-12,19,21H,6,13-18,20H2,1-2H3. The number of hydrogen-bond donors (Lipinski definition) is 0. The van der Waals surface area contributed by atoms with E-state index in [2.05, 4.69) is 15.9 Å². The summed E-state index contributed by atoms with van der Waals surface area (Å²) in [6, 6.07) is 15.3. The third kappa shape index (κ3) is 5.86. The predicted molar refractivity (Wildman–Crippen MR) is 145 cm³/mol. The van der Waals surface area contributed by atoms with E-state index in [-0.39, 0.29) is 19.1 Å². The number of carbonyl (C=O) groups is 4. The van der Waals surface area contributed by atoms with E-state index in [1.807, 2.05) is 38.1 Å². The maximum Gasteiger partial charge on any atom is 0.337 e. The van der Waals surface area contributed by atoms with E-state index in [4.69, 9.17) is 14.2 Å². The Morgan fingerprint density at radius 1 is 0.925 bits per heavy atom. The minimum absolute atomic E-state index is 0.00510. The topological polar surface area (TPSA) is 106 Å². The predicted octanol–water partition coefficient (Wildman–Crippen LogP) is 2.91. The molecule has 1 spiro atoms. The second-order valence-electron chi connectivity index (χ2n) is 10.4. The van der Waals surface area contributed by atoms with Crippen LogP contribution in [-0.2, 0) is 30.4 Å². The van der Waals surface area contributed by atoms with Crippen molar-refractivity contribution < 1.29 is 33.4 Å². The fourth-order valence-electron chi connectivity index (χ4n) is 5.25. The number of piperidine rings is 1. The molecule has 2 aromatic carbocycles. The van der Waals surface area contributed by atoms with E-state index >= 15 is 0 Å². The Hall–Kier alpha value is -4.18. The van der Waals surface area contributed by atoms with Gasteiger partial charge in [-0.3, -0.25) is 19.4 Å². The van der Waals surface area contributed by atoms with Gasteiger partial charge < -0.3 is 19.1 Å². The number of ether oxygens (including phenoxy) is 3. The second kappa shape index (κ2) is 11.5. The van der Waals surface area contributed by atoms with Gasteiger partial charge in [0.25, 0.3) is 5.91 Å². The number of anilines is 1. The smallest absolute Gasteiger partial charge is 0.337 e. The number of nitrogens with zero attached hydrogens (tertiary/aromatic N) is 3. The first-order valence-corrected chi connectivity index (χ1v) is 13.6. The second-order valence-corrected chi connectivity index (χ2v) is 10.4. The number of para-hydroxylation sites is 2. The fourth-order valence-corrected chi connectivity index (χ4v) is 5.25. The third-order valence-corrected chi connectivity index (χ3v) is 7.11. The monoisotopic (exact) mass is 547 g/mol. The fraction of sp³-hybridized carbons (Fsp3) is 0.400. The molecule has 0 atom stereocenters. The number of benzene rings is 2. The minimum Gasteiger partial charge on any atom is -0.489 e. The summed E-state index contributed by atoms with van der Waals surface area (Å²) in [7, 11) is 0. The lowest BCUT2D eigenvalue weighted by Crippen LogP contribution is -2.58. The lowest BCUT2D eigenvalue weighted by molar-refractivity contribution is -0.231. The van der Waals surface area contributed by atoms with Crippen molar-refractivity contribution in [2.75, 3.05) is 37.6 Å². The van der Waals surface area contributed by atoms with E-state index in [1.165, 1.54) is 0 Å². The molecule has 10 heteroatoms. The summed E-state index contributed by atoms with van der Waals surface area (Å²) in [6.07, 6.45) is 2.24. The van der Waals surface area contributed by atoms with Crippen LogP contribution in [0.2, 0.25) is 0 Å². The number of carbonyl (C=O) groups excluding carboxylic acids is 4. The molecule has 0 radical (unpaired) electrons. The van der Waals surface area contributed by atoms with Gasteiger partial charge in [-0.1, -0.05) is 24.3 Å². The van der Waals surface area contributed by atoms with Crippen molar-refractivity contribution in [3.8, 4) is 5.75 Å². The Bertz CT molecular complexity index is 1310. The molecule has 0 bridgehead atoms. The Balaban J connectivity index is 1.23. The van der Waals surface area contributed by atoms with Crippen LogP contribution in [0, 0.1) is 0 Å². The third-order valence-electron chi connectivity index (χ3n) is 7.11. The number of hydrogen-bond acceptors (Lipinski definition) is 9. The minimum atomic E-state index is -2.12. The summed E-state index contributed by atoms with van der Waals surface area (Å²) in [5.41, 5.74) is 2.37. The van der Waals surface area contributed by atoms with Gasteiger partial charge in [-0.2, -0.15) is 0 Å². The normalized spacial score (nSPS) is 19.4. The molecule has 2 amide bonds. The molecule has 3 heterocycles. The number of esters is 2. The van der Waals surface area contributed by atoms with Crippen LogP contribution < -0.4 is 9.64 Å². The number of rotatable bonds is 6. The SMILES string of the molecule is CC(C)Oc1ccccc1N1CCN(Cc2cccc(C(=O)N3CCCC4(OC(=O)C=CC(=O)O4)C3=O)c2)CC1. The summed E-state index contributed by atoms with van der Waals surface area (Å²) in [6.45, 7) is 8.18. The molecule has 3 aliphatic heterocycles. The Morgan fingerprint density at radius 3 is 2.33 bits per heavy atom. The molecular weight excluding hydrogens is 514 g/mol. The van der Waals surface area contributed by atoms with Gasteiger partial charge in [-0.25, -0.2) is 9.59 Å². The molecule has 2 saturated heterocycles. The zero-order valence-electron chi connectivity index (χ0n) is 22.7. The zero-order chi connectivity index (χ0) is 28.3. The Kier molecular flexibility index (Phi) is 7.88. The van der Waals surface area contributed by atoms with Crippen molar-refractivity contribution in [2.45, 2.75) is 45.1 Å². The molecule has 5 rings (SSSR count). The molecule has 0 aliphatic carbocycles. The number of piperazine rings is 1. The average Bonchev–Trinajstić information content (AvgIpc) is 3.08. The van der Waals surface area contributed by atoms with Crippen LogP contribution in [0.5, 0.6) is 5.75 Å². The highest BCUT2D eigenvalue weighted by molar-refractivity contribution is 6.09.